The number of nitrogens with zero attached hydrogens (tertiary/aromatic N) is 4. The summed E-state index contributed by atoms with van der Waals surface area (Å²) in [5.41, 5.74) is 0.975. The highest BCUT2D eigenvalue weighted by Gasteiger charge is 2.70. The maximum absolute atomic E-state index is 13.7. The Bertz CT molecular complexity index is 1400. The fourth-order valence-electron chi connectivity index (χ4n) is 4.83. The molecule has 2 saturated heterocycles. The maximum atomic E-state index is 13.7. The molecule has 2 aliphatic heterocycles. The van der Waals surface area contributed by atoms with Crippen molar-refractivity contribution in [2.24, 2.45) is 0 Å². The standard InChI is InChI=1S/C24H22N4O7S/c1-24(14-27-13-17(22(30)31)25-26-27)21(28-18(29)12-19(28)36(24,33)34)23(32)35-20(15-8-4-2-5-9-15)16-10-6-3-7-11-16/h2-11,13,19-21H,12,14H2,1H3,(H,30,31)/t19-,21+,24+/m1/s1. The van der Waals surface area contributed by atoms with Crippen molar-refractivity contribution in [1.82, 2.24) is 19.9 Å². The molecule has 186 valence electrons. The smallest absolute Gasteiger partial charge is 0.358 e. The lowest BCUT2D eigenvalue weighted by molar-refractivity contribution is -0.164. The van der Waals surface area contributed by atoms with Gasteiger partial charge in [0.15, 0.2) is 27.7 Å². The third-order valence-electron chi connectivity index (χ3n) is 6.71. The van der Waals surface area contributed by atoms with E-state index < -0.39 is 56.5 Å². The molecular formula is C24H22N4O7S. The molecule has 2 aromatic carbocycles. The van der Waals surface area contributed by atoms with E-state index in [4.69, 9.17) is 9.84 Å². The molecular weight excluding hydrogens is 488 g/mol. The van der Waals surface area contributed by atoms with Crippen LogP contribution in [0.15, 0.2) is 66.9 Å². The predicted molar refractivity (Wildman–Crippen MR) is 124 cm³/mol. The highest BCUT2D eigenvalue weighted by Crippen LogP contribution is 2.47. The monoisotopic (exact) mass is 510 g/mol. The average Bonchev–Trinajstić information content (AvgIpc) is 3.37. The zero-order valence-electron chi connectivity index (χ0n) is 19.1. The number of β-lactam (4-membered cyclic amide) rings is 1. The lowest BCUT2D eigenvalue weighted by atomic mass is 9.95. The summed E-state index contributed by atoms with van der Waals surface area (Å²) in [6.07, 6.45) is 0.00658. The van der Waals surface area contributed by atoms with Gasteiger partial charge in [-0.3, -0.25) is 4.79 Å². The molecule has 3 aromatic rings. The summed E-state index contributed by atoms with van der Waals surface area (Å²) in [6.45, 7) is 0.957. The first-order chi connectivity index (χ1) is 17.1. The molecule has 0 radical (unpaired) electrons. The molecule has 3 heterocycles. The van der Waals surface area contributed by atoms with Gasteiger partial charge in [-0.15, -0.1) is 5.10 Å². The molecule has 5 rings (SSSR count). The Balaban J connectivity index is 1.53. The number of sulfone groups is 1. The molecule has 0 aliphatic carbocycles. The van der Waals surface area contributed by atoms with Gasteiger partial charge in [0, 0.05) is 0 Å². The van der Waals surface area contributed by atoms with Crippen LogP contribution in [0.3, 0.4) is 0 Å². The first kappa shape index (κ1) is 23.7. The molecule has 3 atom stereocenters. The highest BCUT2D eigenvalue weighted by molar-refractivity contribution is 7.93. The molecule has 2 fully saturated rings. The van der Waals surface area contributed by atoms with Crippen LogP contribution < -0.4 is 0 Å². The van der Waals surface area contributed by atoms with Gasteiger partial charge in [-0.2, -0.15) is 0 Å². The SMILES string of the molecule is C[C@]1(Cn2cc(C(=O)O)nn2)[C@H](C(=O)OC(c2ccccc2)c2ccccc2)N2C(=O)C[C@H]2S1(=O)=O. The van der Waals surface area contributed by atoms with Crippen molar-refractivity contribution in [1.29, 1.82) is 0 Å². The van der Waals surface area contributed by atoms with E-state index in [-0.39, 0.29) is 12.1 Å². The number of hydrogen-bond donors (Lipinski definition) is 1. The molecule has 2 aliphatic rings. The van der Waals surface area contributed by atoms with Crippen LogP contribution in [0.4, 0.5) is 0 Å². The number of aromatic carboxylic acids is 1. The minimum absolute atomic E-state index is 0.236. The van der Waals surface area contributed by atoms with E-state index >= 15 is 0 Å². The van der Waals surface area contributed by atoms with Crippen molar-refractivity contribution in [2.45, 2.75) is 42.2 Å². The van der Waals surface area contributed by atoms with Crippen molar-refractivity contribution in [3.63, 3.8) is 0 Å². The number of carboxylic acid groups (broad SMARTS) is 1. The van der Waals surface area contributed by atoms with Crippen molar-refractivity contribution in [3.05, 3.63) is 83.7 Å². The van der Waals surface area contributed by atoms with E-state index in [1.54, 1.807) is 48.5 Å². The second-order valence-electron chi connectivity index (χ2n) is 8.96. The van der Waals surface area contributed by atoms with Crippen LogP contribution in [0.5, 0.6) is 0 Å². The van der Waals surface area contributed by atoms with Gasteiger partial charge in [0.05, 0.1) is 19.2 Å². The third kappa shape index (κ3) is 3.65. The summed E-state index contributed by atoms with van der Waals surface area (Å²) in [5, 5.41) is 15.2. The summed E-state index contributed by atoms with van der Waals surface area (Å²) in [5.74, 6) is -2.69. The molecule has 1 amide bonds. The Morgan fingerprint density at radius 2 is 1.69 bits per heavy atom. The van der Waals surface area contributed by atoms with E-state index in [2.05, 4.69) is 10.3 Å². The molecule has 0 spiro atoms. The van der Waals surface area contributed by atoms with Crippen LogP contribution in [0, 0.1) is 0 Å². The maximum Gasteiger partial charge on any atom is 0.358 e. The van der Waals surface area contributed by atoms with E-state index in [1.807, 2.05) is 12.1 Å². The van der Waals surface area contributed by atoms with Gasteiger partial charge in [0.1, 0.15) is 10.1 Å². The van der Waals surface area contributed by atoms with Gasteiger partial charge < -0.3 is 14.7 Å². The molecule has 36 heavy (non-hydrogen) atoms. The predicted octanol–water partition coefficient (Wildman–Crippen LogP) is 1.42. The molecule has 0 saturated carbocycles. The number of hydrogen-bond acceptors (Lipinski definition) is 8. The summed E-state index contributed by atoms with van der Waals surface area (Å²) < 4.78 is 32.2. The third-order valence-corrected chi connectivity index (χ3v) is 9.47. The second kappa shape index (κ2) is 8.55. The summed E-state index contributed by atoms with van der Waals surface area (Å²) >= 11 is 0. The Morgan fingerprint density at radius 1 is 1.11 bits per heavy atom. The van der Waals surface area contributed by atoms with E-state index in [0.717, 1.165) is 15.8 Å². The molecule has 12 heteroatoms. The Morgan fingerprint density at radius 3 is 2.19 bits per heavy atom. The van der Waals surface area contributed by atoms with E-state index in [9.17, 15) is 22.8 Å². The fourth-order valence-corrected chi connectivity index (χ4v) is 7.19. The number of carbonyl (C=O) groups is 3. The van der Waals surface area contributed by atoms with E-state index in [1.165, 1.54) is 6.92 Å². The number of ether oxygens (including phenoxy) is 1. The van der Waals surface area contributed by atoms with Gasteiger partial charge in [0.25, 0.3) is 0 Å². The average molecular weight is 511 g/mol. The van der Waals surface area contributed by atoms with Crippen molar-refractivity contribution < 1.29 is 32.6 Å². The summed E-state index contributed by atoms with van der Waals surface area (Å²) in [7, 11) is -4.06. The van der Waals surface area contributed by atoms with Crippen molar-refractivity contribution >= 4 is 27.7 Å². The minimum Gasteiger partial charge on any atom is -0.476 e. The first-order valence-electron chi connectivity index (χ1n) is 11.1. The Kier molecular flexibility index (Phi) is 5.62. The second-order valence-corrected chi connectivity index (χ2v) is 11.5. The lowest BCUT2D eigenvalue weighted by Gasteiger charge is -2.37. The van der Waals surface area contributed by atoms with Crippen LogP contribution in [0.25, 0.3) is 0 Å². The van der Waals surface area contributed by atoms with Gasteiger partial charge in [-0.05, 0) is 18.1 Å². The van der Waals surface area contributed by atoms with Gasteiger partial charge in [0.2, 0.25) is 5.91 Å². The lowest BCUT2D eigenvalue weighted by Crippen LogP contribution is -2.58. The van der Waals surface area contributed by atoms with Crippen LogP contribution >= 0.6 is 0 Å². The fraction of sp³-hybridized carbons (Fsp3) is 0.292. The number of carbonyl (C=O) groups excluding carboxylic acids is 2. The summed E-state index contributed by atoms with van der Waals surface area (Å²) in [6, 6.07) is 16.5. The Hall–Kier alpha value is -4.06. The number of amides is 1. The molecule has 0 unspecified atom stereocenters. The molecule has 0 bridgehead atoms. The van der Waals surface area contributed by atoms with Crippen LogP contribution in [0.1, 0.15) is 41.1 Å². The minimum atomic E-state index is -4.06. The zero-order valence-corrected chi connectivity index (χ0v) is 19.9. The molecule has 1 N–H and O–H groups in total. The Labute approximate surface area is 206 Å². The highest BCUT2D eigenvalue weighted by atomic mass is 32.2. The van der Waals surface area contributed by atoms with E-state index in [0.29, 0.717) is 11.1 Å². The normalized spacial score (nSPS) is 24.3. The first-order valence-corrected chi connectivity index (χ1v) is 12.7. The number of benzene rings is 2. The largest absolute Gasteiger partial charge is 0.476 e. The number of fused-ring (bicyclic) bond motifs is 1. The molecule has 1 aromatic heterocycles. The van der Waals surface area contributed by atoms with Gasteiger partial charge >= 0.3 is 11.9 Å². The summed E-state index contributed by atoms with van der Waals surface area (Å²) in [4.78, 5) is 38.5. The number of aromatic nitrogens is 3. The van der Waals surface area contributed by atoms with Crippen molar-refractivity contribution in [2.75, 3.05) is 0 Å². The van der Waals surface area contributed by atoms with Crippen LogP contribution in [-0.4, -0.2) is 67.4 Å². The van der Waals surface area contributed by atoms with Crippen LogP contribution in [0.2, 0.25) is 0 Å². The zero-order chi connectivity index (χ0) is 25.7. The molecule has 11 nitrogen and oxygen atoms in total. The van der Waals surface area contributed by atoms with Gasteiger partial charge in [-0.25, -0.2) is 22.7 Å². The van der Waals surface area contributed by atoms with Gasteiger partial charge in [-0.1, -0.05) is 65.9 Å². The number of esters is 1. The van der Waals surface area contributed by atoms with Crippen molar-refractivity contribution in [3.8, 4) is 0 Å². The topological polar surface area (TPSA) is 149 Å². The quantitative estimate of drug-likeness (QED) is 0.368. The van der Waals surface area contributed by atoms with Crippen LogP contribution in [-0.2, 0) is 30.7 Å². The number of rotatable bonds is 7. The number of carboxylic acids is 1.